The van der Waals surface area contributed by atoms with Crippen molar-refractivity contribution < 1.29 is 4.79 Å². The lowest BCUT2D eigenvalue weighted by atomic mass is 9.99. The predicted octanol–water partition coefficient (Wildman–Crippen LogP) is 1.74. The van der Waals surface area contributed by atoms with E-state index in [0.717, 1.165) is 19.4 Å². The van der Waals surface area contributed by atoms with Gasteiger partial charge in [0.1, 0.15) is 5.69 Å². The van der Waals surface area contributed by atoms with Gasteiger partial charge >= 0.3 is 0 Å². The number of rotatable bonds is 4. The van der Waals surface area contributed by atoms with E-state index in [0.29, 0.717) is 29.5 Å². The molecular formula is C17H21N5O. The number of nitrogens with zero attached hydrogens (tertiary/aromatic N) is 4. The summed E-state index contributed by atoms with van der Waals surface area (Å²) >= 11 is 0. The van der Waals surface area contributed by atoms with Gasteiger partial charge in [-0.15, -0.1) is 0 Å². The highest BCUT2D eigenvalue weighted by Crippen LogP contribution is 2.22. The number of nitrogens with two attached hydrogens (primary N) is 1. The molecule has 0 aliphatic carbocycles. The van der Waals surface area contributed by atoms with Crippen LogP contribution in [0.25, 0.3) is 11.5 Å². The maximum Gasteiger partial charge on any atom is 0.257 e. The number of likely N-dealkylation sites (tertiary alicyclic amines) is 1. The Morgan fingerprint density at radius 2 is 2.04 bits per heavy atom. The van der Waals surface area contributed by atoms with E-state index in [1.807, 2.05) is 23.1 Å². The molecule has 6 heteroatoms. The molecule has 1 aliphatic heterocycles. The fourth-order valence-electron chi connectivity index (χ4n) is 2.99. The number of carbonyl (C=O) groups is 1. The van der Waals surface area contributed by atoms with Crippen molar-refractivity contribution >= 4 is 5.91 Å². The second-order valence-electron chi connectivity index (χ2n) is 5.93. The Kier molecular flexibility index (Phi) is 4.62. The number of hydrogen-bond donors (Lipinski definition) is 1. The van der Waals surface area contributed by atoms with E-state index in [1.165, 1.54) is 0 Å². The summed E-state index contributed by atoms with van der Waals surface area (Å²) in [4.78, 5) is 27.1. The first-order chi connectivity index (χ1) is 11.2. The van der Waals surface area contributed by atoms with Gasteiger partial charge in [0, 0.05) is 37.7 Å². The fraction of sp³-hybridized carbons (Fsp3) is 0.412. The molecule has 120 valence electrons. The van der Waals surface area contributed by atoms with Crippen molar-refractivity contribution in [2.45, 2.75) is 25.8 Å². The van der Waals surface area contributed by atoms with Crippen LogP contribution in [0.5, 0.6) is 0 Å². The van der Waals surface area contributed by atoms with Crippen LogP contribution in [-0.2, 0) is 0 Å². The van der Waals surface area contributed by atoms with Crippen LogP contribution in [0.15, 0.2) is 36.8 Å². The fourth-order valence-corrected chi connectivity index (χ4v) is 2.99. The van der Waals surface area contributed by atoms with Gasteiger partial charge in [-0.2, -0.15) is 0 Å². The third-order valence-electron chi connectivity index (χ3n) is 4.23. The SMILES string of the molecule is CCC[C@H]1CN(C(=O)c2cnc(-c3ccccn3)nc2)C[C@@H]1N. The molecule has 0 bridgehead atoms. The zero-order valence-corrected chi connectivity index (χ0v) is 13.2. The molecule has 2 aromatic rings. The predicted molar refractivity (Wildman–Crippen MR) is 87.5 cm³/mol. The minimum absolute atomic E-state index is 0.0494. The van der Waals surface area contributed by atoms with E-state index in [2.05, 4.69) is 21.9 Å². The van der Waals surface area contributed by atoms with Crippen molar-refractivity contribution in [3.63, 3.8) is 0 Å². The highest BCUT2D eigenvalue weighted by atomic mass is 16.2. The first-order valence-corrected chi connectivity index (χ1v) is 7.97. The molecule has 0 saturated carbocycles. The third kappa shape index (κ3) is 3.37. The summed E-state index contributed by atoms with van der Waals surface area (Å²) in [6, 6.07) is 5.62. The average molecular weight is 311 g/mol. The minimum Gasteiger partial charge on any atom is -0.337 e. The third-order valence-corrected chi connectivity index (χ3v) is 4.23. The molecule has 6 nitrogen and oxygen atoms in total. The molecule has 2 aromatic heterocycles. The Morgan fingerprint density at radius 1 is 1.26 bits per heavy atom. The second kappa shape index (κ2) is 6.83. The van der Waals surface area contributed by atoms with Gasteiger partial charge in [-0.25, -0.2) is 9.97 Å². The standard InChI is InChI=1S/C17H21N5O/c1-2-5-12-10-22(11-14(12)18)17(23)13-8-20-16(21-9-13)15-6-3-4-7-19-15/h3-4,6-9,12,14H,2,5,10-11,18H2,1H3/t12-,14-/m0/s1. The van der Waals surface area contributed by atoms with Crippen LogP contribution in [0.4, 0.5) is 0 Å². The normalized spacial score (nSPS) is 20.7. The van der Waals surface area contributed by atoms with Gasteiger partial charge in [0.15, 0.2) is 5.82 Å². The molecule has 3 rings (SSSR count). The molecule has 1 amide bonds. The quantitative estimate of drug-likeness (QED) is 0.929. The summed E-state index contributed by atoms with van der Waals surface area (Å²) in [7, 11) is 0. The largest absolute Gasteiger partial charge is 0.337 e. The lowest BCUT2D eigenvalue weighted by Crippen LogP contribution is -2.32. The summed E-state index contributed by atoms with van der Waals surface area (Å²) < 4.78 is 0. The van der Waals surface area contributed by atoms with Gasteiger partial charge in [-0.3, -0.25) is 9.78 Å². The van der Waals surface area contributed by atoms with Gasteiger partial charge in [0.25, 0.3) is 5.91 Å². The Labute approximate surface area is 135 Å². The zero-order chi connectivity index (χ0) is 16.2. The maximum absolute atomic E-state index is 12.6. The Bertz CT molecular complexity index is 658. The topological polar surface area (TPSA) is 85.0 Å². The van der Waals surface area contributed by atoms with Crippen LogP contribution in [0.1, 0.15) is 30.1 Å². The van der Waals surface area contributed by atoms with E-state index < -0.39 is 0 Å². The van der Waals surface area contributed by atoms with Crippen LogP contribution in [0.3, 0.4) is 0 Å². The molecule has 23 heavy (non-hydrogen) atoms. The minimum atomic E-state index is -0.0494. The average Bonchev–Trinajstić information content (AvgIpc) is 2.96. The Balaban J connectivity index is 1.71. The van der Waals surface area contributed by atoms with E-state index in [1.54, 1.807) is 18.6 Å². The van der Waals surface area contributed by atoms with Crippen molar-refractivity contribution in [1.29, 1.82) is 0 Å². The van der Waals surface area contributed by atoms with E-state index >= 15 is 0 Å². The summed E-state index contributed by atoms with van der Waals surface area (Å²) in [5.74, 6) is 0.855. The molecule has 0 radical (unpaired) electrons. The summed E-state index contributed by atoms with van der Waals surface area (Å²) in [5, 5.41) is 0. The van der Waals surface area contributed by atoms with Crippen molar-refractivity contribution in [2.75, 3.05) is 13.1 Å². The van der Waals surface area contributed by atoms with Crippen LogP contribution in [0.2, 0.25) is 0 Å². The van der Waals surface area contributed by atoms with E-state index in [4.69, 9.17) is 5.73 Å². The van der Waals surface area contributed by atoms with Crippen LogP contribution in [0, 0.1) is 5.92 Å². The first-order valence-electron chi connectivity index (χ1n) is 7.97. The van der Waals surface area contributed by atoms with Gasteiger partial charge in [0.05, 0.1) is 5.56 Å². The van der Waals surface area contributed by atoms with Crippen LogP contribution >= 0.6 is 0 Å². The molecule has 0 unspecified atom stereocenters. The smallest absolute Gasteiger partial charge is 0.257 e. The lowest BCUT2D eigenvalue weighted by Gasteiger charge is -2.15. The maximum atomic E-state index is 12.6. The Morgan fingerprint density at radius 3 is 2.70 bits per heavy atom. The molecule has 1 aliphatic rings. The summed E-state index contributed by atoms with van der Waals surface area (Å²) in [6.45, 7) is 3.46. The van der Waals surface area contributed by atoms with Gasteiger partial charge in [-0.1, -0.05) is 19.4 Å². The number of carbonyl (C=O) groups excluding carboxylic acids is 1. The van der Waals surface area contributed by atoms with E-state index in [-0.39, 0.29) is 11.9 Å². The number of aromatic nitrogens is 3. The molecule has 2 atom stereocenters. The highest BCUT2D eigenvalue weighted by Gasteiger charge is 2.32. The second-order valence-corrected chi connectivity index (χ2v) is 5.93. The first kappa shape index (κ1) is 15.6. The molecule has 1 saturated heterocycles. The molecular weight excluding hydrogens is 290 g/mol. The highest BCUT2D eigenvalue weighted by molar-refractivity contribution is 5.94. The van der Waals surface area contributed by atoms with Gasteiger partial charge in [-0.05, 0) is 24.5 Å². The summed E-state index contributed by atoms with van der Waals surface area (Å²) in [5.41, 5.74) is 7.32. The number of amides is 1. The van der Waals surface area contributed by atoms with Crippen LogP contribution < -0.4 is 5.73 Å². The molecule has 0 spiro atoms. The number of pyridine rings is 1. The van der Waals surface area contributed by atoms with Crippen LogP contribution in [-0.4, -0.2) is 44.9 Å². The van der Waals surface area contributed by atoms with Gasteiger partial charge in [0.2, 0.25) is 0 Å². The van der Waals surface area contributed by atoms with Crippen molar-refractivity contribution in [2.24, 2.45) is 11.7 Å². The summed E-state index contributed by atoms with van der Waals surface area (Å²) in [6.07, 6.45) is 6.97. The monoisotopic (exact) mass is 311 g/mol. The van der Waals surface area contributed by atoms with E-state index in [9.17, 15) is 4.79 Å². The molecule has 2 N–H and O–H groups in total. The van der Waals surface area contributed by atoms with Crippen molar-refractivity contribution in [1.82, 2.24) is 19.9 Å². The number of hydrogen-bond acceptors (Lipinski definition) is 5. The van der Waals surface area contributed by atoms with Gasteiger partial charge < -0.3 is 10.6 Å². The van der Waals surface area contributed by atoms with Crippen molar-refractivity contribution in [3.05, 3.63) is 42.4 Å². The molecule has 0 aromatic carbocycles. The lowest BCUT2D eigenvalue weighted by molar-refractivity contribution is 0.0784. The van der Waals surface area contributed by atoms with Crippen molar-refractivity contribution in [3.8, 4) is 11.5 Å². The zero-order valence-electron chi connectivity index (χ0n) is 13.2. The molecule has 3 heterocycles. The Hall–Kier alpha value is -2.34. The molecule has 1 fully saturated rings.